The molecule has 6 rings (SSSR count). The van der Waals surface area contributed by atoms with Crippen molar-refractivity contribution in [3.05, 3.63) is 106 Å². The lowest BCUT2D eigenvalue weighted by Gasteiger charge is -2.17. The molecule has 1 fully saturated rings. The highest BCUT2D eigenvalue weighted by molar-refractivity contribution is 5.80. The Morgan fingerprint density at radius 3 is 2.30 bits per heavy atom. The van der Waals surface area contributed by atoms with Gasteiger partial charge >= 0.3 is 6.08 Å². The van der Waals surface area contributed by atoms with Crippen LogP contribution in [0.15, 0.2) is 82.1 Å². The van der Waals surface area contributed by atoms with E-state index in [1.807, 2.05) is 55.5 Å². The Hall–Kier alpha value is -4.72. The number of ether oxygens (including phenoxy) is 2. The van der Waals surface area contributed by atoms with E-state index in [4.69, 9.17) is 19.0 Å². The average Bonchev–Trinajstić information content (AvgIpc) is 3.60. The molecular weight excluding hydrogens is 552 g/mol. The van der Waals surface area contributed by atoms with Gasteiger partial charge in [0.15, 0.2) is 0 Å². The molecule has 0 atom stereocenters. The lowest BCUT2D eigenvalue weighted by atomic mass is 9.96. The van der Waals surface area contributed by atoms with E-state index in [1.54, 1.807) is 4.57 Å². The standard InChI is InChI=1S/C36H38N4O4/c1-5-9-31-30(34(41)40(32(6-2)37-31)26-16-18-27(19-17-26)43-23-36(3)20-21-36)22-24-12-14-25(15-13-24)28-10-7-8-11-29(28)33-38-35(42-4)44-39-33/h7-8,10-19H,5-6,9,20-23H2,1-4H3. The van der Waals surface area contributed by atoms with Crippen LogP contribution in [0.25, 0.3) is 28.2 Å². The zero-order valence-corrected chi connectivity index (χ0v) is 25.8. The Balaban J connectivity index is 1.30. The molecule has 5 aromatic rings. The summed E-state index contributed by atoms with van der Waals surface area (Å²) in [6.07, 6.45) is 5.36. The molecule has 1 aliphatic rings. The van der Waals surface area contributed by atoms with Gasteiger partial charge in [0.1, 0.15) is 11.6 Å². The van der Waals surface area contributed by atoms with Crippen LogP contribution in [0.5, 0.6) is 11.8 Å². The topological polar surface area (TPSA) is 92.3 Å². The summed E-state index contributed by atoms with van der Waals surface area (Å²) in [5.74, 6) is 2.06. The second-order valence-electron chi connectivity index (χ2n) is 11.8. The summed E-state index contributed by atoms with van der Waals surface area (Å²) in [5.41, 5.74) is 6.58. The number of aryl methyl sites for hydroxylation is 2. The first-order chi connectivity index (χ1) is 21.4. The molecule has 0 radical (unpaired) electrons. The Kier molecular flexibility index (Phi) is 8.33. The number of aromatic nitrogens is 4. The molecule has 0 bridgehead atoms. The molecule has 44 heavy (non-hydrogen) atoms. The monoisotopic (exact) mass is 590 g/mol. The van der Waals surface area contributed by atoms with Gasteiger partial charge in [-0.3, -0.25) is 13.9 Å². The summed E-state index contributed by atoms with van der Waals surface area (Å²) >= 11 is 0. The maximum atomic E-state index is 14.2. The van der Waals surface area contributed by atoms with Crippen LogP contribution in [0.3, 0.4) is 0 Å². The van der Waals surface area contributed by atoms with Gasteiger partial charge in [-0.1, -0.05) is 80.9 Å². The summed E-state index contributed by atoms with van der Waals surface area (Å²) in [5, 5.41) is 4.06. The fourth-order valence-electron chi connectivity index (χ4n) is 5.42. The molecular formula is C36H38N4O4. The predicted molar refractivity (Wildman–Crippen MR) is 171 cm³/mol. The molecule has 8 heteroatoms. The summed E-state index contributed by atoms with van der Waals surface area (Å²) in [6, 6.07) is 24.0. The van der Waals surface area contributed by atoms with Crippen LogP contribution in [0.1, 0.15) is 62.7 Å². The maximum absolute atomic E-state index is 14.2. The van der Waals surface area contributed by atoms with E-state index in [2.05, 4.69) is 48.3 Å². The third-order valence-corrected chi connectivity index (χ3v) is 8.32. The number of hydrogen-bond acceptors (Lipinski definition) is 7. The van der Waals surface area contributed by atoms with Crippen LogP contribution >= 0.6 is 0 Å². The van der Waals surface area contributed by atoms with Gasteiger partial charge < -0.3 is 9.47 Å². The van der Waals surface area contributed by atoms with E-state index >= 15 is 0 Å². The quantitative estimate of drug-likeness (QED) is 0.151. The molecule has 0 spiro atoms. The number of benzene rings is 3. The number of hydrogen-bond donors (Lipinski definition) is 0. The highest BCUT2D eigenvalue weighted by Gasteiger charge is 2.38. The van der Waals surface area contributed by atoms with Crippen LogP contribution in [0.4, 0.5) is 0 Å². The van der Waals surface area contributed by atoms with Gasteiger partial charge in [0.25, 0.3) is 5.56 Å². The van der Waals surface area contributed by atoms with E-state index in [0.717, 1.165) is 70.2 Å². The summed E-state index contributed by atoms with van der Waals surface area (Å²) < 4.78 is 18.0. The second-order valence-corrected chi connectivity index (χ2v) is 11.8. The third kappa shape index (κ3) is 6.16. The molecule has 2 heterocycles. The lowest BCUT2D eigenvalue weighted by molar-refractivity contribution is 0.247. The number of nitrogens with zero attached hydrogens (tertiary/aromatic N) is 4. The molecule has 2 aromatic heterocycles. The molecule has 0 aliphatic heterocycles. The van der Waals surface area contributed by atoms with Crippen LogP contribution in [-0.2, 0) is 19.3 Å². The molecule has 0 unspecified atom stereocenters. The van der Waals surface area contributed by atoms with E-state index in [0.29, 0.717) is 24.1 Å². The van der Waals surface area contributed by atoms with E-state index in [1.165, 1.54) is 20.0 Å². The van der Waals surface area contributed by atoms with Crippen molar-refractivity contribution in [2.75, 3.05) is 13.7 Å². The fourth-order valence-corrected chi connectivity index (χ4v) is 5.42. The van der Waals surface area contributed by atoms with Gasteiger partial charge in [0.05, 0.1) is 25.1 Å². The van der Waals surface area contributed by atoms with E-state index in [-0.39, 0.29) is 11.6 Å². The predicted octanol–water partition coefficient (Wildman–Crippen LogP) is 7.24. The van der Waals surface area contributed by atoms with Crippen molar-refractivity contribution in [1.29, 1.82) is 0 Å². The first-order valence-corrected chi connectivity index (χ1v) is 15.3. The molecule has 1 aliphatic carbocycles. The van der Waals surface area contributed by atoms with Gasteiger partial charge in [0, 0.05) is 29.4 Å². The Bertz CT molecular complexity index is 1800. The smallest absolute Gasteiger partial charge is 0.417 e. The second kappa shape index (κ2) is 12.5. The van der Waals surface area contributed by atoms with Crippen molar-refractivity contribution in [3.8, 4) is 40.0 Å². The number of rotatable bonds is 12. The third-order valence-electron chi connectivity index (χ3n) is 8.32. The normalized spacial score (nSPS) is 13.5. The van der Waals surface area contributed by atoms with Crippen molar-refractivity contribution in [1.82, 2.24) is 19.7 Å². The summed E-state index contributed by atoms with van der Waals surface area (Å²) in [4.78, 5) is 23.5. The van der Waals surface area contributed by atoms with Crippen LogP contribution in [-0.4, -0.2) is 33.4 Å². The summed E-state index contributed by atoms with van der Waals surface area (Å²) in [6.45, 7) is 7.14. The highest BCUT2D eigenvalue weighted by Crippen LogP contribution is 2.45. The van der Waals surface area contributed by atoms with Crippen molar-refractivity contribution < 1.29 is 14.0 Å². The Labute approximate surface area is 257 Å². The molecule has 3 aromatic carbocycles. The molecule has 0 amide bonds. The molecule has 226 valence electrons. The Morgan fingerprint density at radius 1 is 0.932 bits per heavy atom. The van der Waals surface area contributed by atoms with Gasteiger partial charge in [-0.05, 0) is 60.2 Å². The SMILES string of the molecule is CCCc1nc(CC)n(-c2ccc(OCC3(C)CC3)cc2)c(=O)c1Cc1ccc(-c2ccccc2-c2noc(OC)n2)cc1. The molecule has 8 nitrogen and oxygen atoms in total. The minimum absolute atomic E-state index is 0.0139. The largest absolute Gasteiger partial charge is 0.493 e. The molecule has 0 N–H and O–H groups in total. The maximum Gasteiger partial charge on any atom is 0.417 e. The van der Waals surface area contributed by atoms with Crippen LogP contribution in [0, 0.1) is 5.41 Å². The highest BCUT2D eigenvalue weighted by atomic mass is 16.6. The van der Waals surface area contributed by atoms with Crippen molar-refractivity contribution in [2.45, 2.75) is 59.3 Å². The zero-order chi connectivity index (χ0) is 30.7. The van der Waals surface area contributed by atoms with E-state index in [9.17, 15) is 4.79 Å². The summed E-state index contributed by atoms with van der Waals surface area (Å²) in [7, 11) is 1.50. The minimum atomic E-state index is -0.0139. The molecule has 1 saturated carbocycles. The van der Waals surface area contributed by atoms with Crippen LogP contribution < -0.4 is 15.0 Å². The molecule has 0 saturated heterocycles. The van der Waals surface area contributed by atoms with E-state index < -0.39 is 0 Å². The van der Waals surface area contributed by atoms with Crippen molar-refractivity contribution in [2.24, 2.45) is 5.41 Å². The van der Waals surface area contributed by atoms with Gasteiger partial charge in [-0.15, -0.1) is 0 Å². The van der Waals surface area contributed by atoms with Crippen molar-refractivity contribution >= 4 is 0 Å². The Morgan fingerprint density at radius 2 is 1.66 bits per heavy atom. The van der Waals surface area contributed by atoms with Gasteiger partial charge in [-0.25, -0.2) is 4.98 Å². The first kappa shape index (κ1) is 29.4. The first-order valence-electron chi connectivity index (χ1n) is 15.3. The van der Waals surface area contributed by atoms with Gasteiger partial charge in [-0.2, -0.15) is 4.98 Å². The fraction of sp³-hybridized carbons (Fsp3) is 0.333. The zero-order valence-electron chi connectivity index (χ0n) is 25.8. The van der Waals surface area contributed by atoms with Gasteiger partial charge in [0.2, 0.25) is 5.82 Å². The van der Waals surface area contributed by atoms with Crippen molar-refractivity contribution in [3.63, 3.8) is 0 Å². The minimum Gasteiger partial charge on any atom is -0.493 e. The lowest BCUT2D eigenvalue weighted by Crippen LogP contribution is -2.29. The number of methoxy groups -OCH3 is 1. The van der Waals surface area contributed by atoms with Crippen LogP contribution in [0.2, 0.25) is 0 Å². The average molecular weight is 591 g/mol.